The van der Waals surface area contributed by atoms with Gasteiger partial charge in [0.25, 0.3) is 0 Å². The second-order valence-corrected chi connectivity index (χ2v) is 4.10. The summed E-state index contributed by atoms with van der Waals surface area (Å²) in [5.41, 5.74) is -0.312. The zero-order valence-corrected chi connectivity index (χ0v) is 11.0. The molecule has 0 amide bonds. The molecule has 3 nitrogen and oxygen atoms in total. The lowest BCUT2D eigenvalue weighted by Crippen LogP contribution is -2.19. The van der Waals surface area contributed by atoms with Crippen molar-refractivity contribution in [2.45, 2.75) is 12.8 Å². The van der Waals surface area contributed by atoms with Gasteiger partial charge in [0.05, 0.1) is 0 Å². The van der Waals surface area contributed by atoms with E-state index in [0.29, 0.717) is 11.8 Å². The van der Waals surface area contributed by atoms with E-state index in [9.17, 15) is 18.0 Å². The molecular weight excluding hydrogens is 329 g/mol. The maximum Gasteiger partial charge on any atom is 0.573 e. The third-order valence-electron chi connectivity index (χ3n) is 1.89. The average molecular weight is 337 g/mol. The van der Waals surface area contributed by atoms with Crippen LogP contribution in [0.2, 0.25) is 0 Å². The molecule has 1 aromatic carbocycles. The van der Waals surface area contributed by atoms with Crippen LogP contribution in [0.15, 0.2) is 18.2 Å². The van der Waals surface area contributed by atoms with Gasteiger partial charge in [-0.1, -0.05) is 27.8 Å². The maximum atomic E-state index is 12.2. The van der Waals surface area contributed by atoms with Crippen molar-refractivity contribution in [1.29, 1.82) is 0 Å². The summed E-state index contributed by atoms with van der Waals surface area (Å²) < 4.78 is 40.2. The van der Waals surface area contributed by atoms with Crippen molar-refractivity contribution in [3.8, 4) is 17.6 Å². The first-order valence-electron chi connectivity index (χ1n) is 5.01. The van der Waals surface area contributed by atoms with Gasteiger partial charge in [-0.05, 0) is 18.2 Å². The van der Waals surface area contributed by atoms with Crippen LogP contribution in [0.5, 0.6) is 5.75 Å². The lowest BCUT2D eigenvalue weighted by atomic mass is 10.1. The molecule has 0 saturated heterocycles. The van der Waals surface area contributed by atoms with Crippen LogP contribution in [0.3, 0.4) is 0 Å². The first-order valence-corrected chi connectivity index (χ1v) is 6.13. The lowest BCUT2D eigenvalue weighted by molar-refractivity contribution is -0.274. The highest BCUT2D eigenvalue weighted by Gasteiger charge is 2.33. The lowest BCUT2D eigenvalue weighted by Gasteiger charge is -2.11. The van der Waals surface area contributed by atoms with Gasteiger partial charge in [-0.2, -0.15) is 0 Å². The molecule has 0 unspecified atom stereocenters. The zero-order valence-electron chi connectivity index (χ0n) is 9.42. The Labute approximate surface area is 115 Å². The number of halogens is 4. The van der Waals surface area contributed by atoms with Gasteiger partial charge in [0.1, 0.15) is 11.3 Å². The standard InChI is InChI=1S/C12H8BrF3O3/c13-6-2-1-3-8-4-5-9(11(17)18)10(7-8)19-12(14,15)16/h4-5,7H,2,6H2,(H,17,18). The van der Waals surface area contributed by atoms with E-state index < -0.39 is 23.6 Å². The van der Waals surface area contributed by atoms with Gasteiger partial charge in [-0.25, -0.2) is 4.79 Å². The van der Waals surface area contributed by atoms with E-state index in [0.717, 1.165) is 12.1 Å². The van der Waals surface area contributed by atoms with Gasteiger partial charge in [0.2, 0.25) is 0 Å². The predicted octanol–water partition coefficient (Wildman–Crippen LogP) is 3.42. The van der Waals surface area contributed by atoms with Crippen molar-refractivity contribution in [2.24, 2.45) is 0 Å². The molecule has 1 N–H and O–H groups in total. The van der Waals surface area contributed by atoms with Crippen LogP contribution >= 0.6 is 15.9 Å². The van der Waals surface area contributed by atoms with E-state index in [-0.39, 0.29) is 5.56 Å². The maximum absolute atomic E-state index is 12.2. The number of benzene rings is 1. The monoisotopic (exact) mass is 336 g/mol. The highest BCUT2D eigenvalue weighted by Crippen LogP contribution is 2.27. The summed E-state index contributed by atoms with van der Waals surface area (Å²) in [7, 11) is 0. The second kappa shape index (κ2) is 6.48. The molecule has 0 bridgehead atoms. The Morgan fingerprint density at radius 3 is 2.63 bits per heavy atom. The largest absolute Gasteiger partial charge is 0.573 e. The van der Waals surface area contributed by atoms with Crippen molar-refractivity contribution < 1.29 is 27.8 Å². The summed E-state index contributed by atoms with van der Waals surface area (Å²) in [6.45, 7) is 0. The summed E-state index contributed by atoms with van der Waals surface area (Å²) in [4.78, 5) is 10.8. The van der Waals surface area contributed by atoms with Crippen molar-refractivity contribution in [1.82, 2.24) is 0 Å². The number of carboxylic acids is 1. The number of hydrogen-bond donors (Lipinski definition) is 1. The first kappa shape index (κ1) is 15.4. The highest BCUT2D eigenvalue weighted by molar-refractivity contribution is 9.09. The Bertz CT molecular complexity index is 529. The first-order chi connectivity index (χ1) is 8.83. The molecule has 102 valence electrons. The van der Waals surface area contributed by atoms with E-state index >= 15 is 0 Å². The van der Waals surface area contributed by atoms with Gasteiger partial charge in [0.15, 0.2) is 0 Å². The van der Waals surface area contributed by atoms with Gasteiger partial charge < -0.3 is 9.84 Å². The Morgan fingerprint density at radius 1 is 1.42 bits per heavy atom. The van der Waals surface area contributed by atoms with E-state index in [2.05, 4.69) is 32.5 Å². The van der Waals surface area contributed by atoms with E-state index in [1.54, 1.807) is 0 Å². The van der Waals surface area contributed by atoms with Gasteiger partial charge >= 0.3 is 12.3 Å². The molecule has 19 heavy (non-hydrogen) atoms. The van der Waals surface area contributed by atoms with Crippen LogP contribution in [0.25, 0.3) is 0 Å². The van der Waals surface area contributed by atoms with Crippen molar-refractivity contribution >= 4 is 21.9 Å². The summed E-state index contributed by atoms with van der Waals surface area (Å²) in [6, 6.07) is 3.31. The van der Waals surface area contributed by atoms with Crippen molar-refractivity contribution in [3.05, 3.63) is 29.3 Å². The normalized spacial score (nSPS) is 10.5. The molecule has 0 atom stereocenters. The SMILES string of the molecule is O=C(O)c1ccc(C#CCCBr)cc1OC(F)(F)F. The van der Waals surface area contributed by atoms with E-state index in [1.807, 2.05) is 0 Å². The van der Waals surface area contributed by atoms with Crippen LogP contribution in [-0.4, -0.2) is 22.8 Å². The molecule has 0 spiro atoms. The summed E-state index contributed by atoms with van der Waals surface area (Å²) >= 11 is 3.15. The summed E-state index contributed by atoms with van der Waals surface area (Å²) in [6.07, 6.45) is -4.43. The van der Waals surface area contributed by atoms with Crippen LogP contribution in [0.4, 0.5) is 13.2 Å². The number of carboxylic acid groups (broad SMARTS) is 1. The number of rotatable bonds is 3. The number of carbonyl (C=O) groups is 1. The quantitative estimate of drug-likeness (QED) is 0.679. The van der Waals surface area contributed by atoms with E-state index in [1.165, 1.54) is 6.07 Å². The van der Waals surface area contributed by atoms with Gasteiger partial charge in [0, 0.05) is 17.3 Å². The second-order valence-electron chi connectivity index (χ2n) is 3.30. The number of hydrogen-bond acceptors (Lipinski definition) is 2. The Balaban J connectivity index is 3.12. The van der Waals surface area contributed by atoms with Crippen LogP contribution in [0, 0.1) is 11.8 Å². The topological polar surface area (TPSA) is 46.5 Å². The van der Waals surface area contributed by atoms with E-state index in [4.69, 9.17) is 5.11 Å². The zero-order chi connectivity index (χ0) is 14.5. The smallest absolute Gasteiger partial charge is 0.478 e. The predicted molar refractivity (Wildman–Crippen MR) is 65.4 cm³/mol. The molecule has 1 rings (SSSR count). The molecule has 0 fully saturated rings. The Morgan fingerprint density at radius 2 is 2.11 bits per heavy atom. The minimum absolute atomic E-state index is 0.255. The highest BCUT2D eigenvalue weighted by atomic mass is 79.9. The van der Waals surface area contributed by atoms with Crippen molar-refractivity contribution in [3.63, 3.8) is 0 Å². The van der Waals surface area contributed by atoms with Crippen LogP contribution in [0.1, 0.15) is 22.3 Å². The summed E-state index contributed by atoms with van der Waals surface area (Å²) in [5.74, 6) is 3.05. The molecule has 0 aliphatic rings. The van der Waals surface area contributed by atoms with Crippen LogP contribution < -0.4 is 4.74 Å². The molecule has 0 aliphatic carbocycles. The molecule has 7 heteroatoms. The molecule has 0 aromatic heterocycles. The number of alkyl halides is 4. The Hall–Kier alpha value is -1.68. The fourth-order valence-corrected chi connectivity index (χ4v) is 1.40. The fourth-order valence-electron chi connectivity index (χ4n) is 1.20. The number of aromatic carboxylic acids is 1. The summed E-state index contributed by atoms with van der Waals surface area (Å²) in [5, 5.41) is 9.42. The molecule has 0 aliphatic heterocycles. The third-order valence-corrected chi connectivity index (χ3v) is 2.29. The minimum Gasteiger partial charge on any atom is -0.478 e. The Kier molecular flexibility index (Phi) is 5.24. The molecule has 0 saturated carbocycles. The fraction of sp³-hybridized carbons (Fsp3) is 0.250. The van der Waals surface area contributed by atoms with Gasteiger partial charge in [-0.3, -0.25) is 0 Å². The average Bonchev–Trinajstić information content (AvgIpc) is 2.27. The minimum atomic E-state index is -4.95. The number of ether oxygens (including phenoxy) is 1. The molecule has 0 heterocycles. The molecule has 1 aromatic rings. The molecule has 0 radical (unpaired) electrons. The van der Waals surface area contributed by atoms with Crippen molar-refractivity contribution in [2.75, 3.05) is 5.33 Å². The molecular formula is C12H8BrF3O3. The van der Waals surface area contributed by atoms with Crippen LogP contribution in [-0.2, 0) is 0 Å². The third kappa shape index (κ3) is 5.22. The van der Waals surface area contributed by atoms with Gasteiger partial charge in [-0.15, -0.1) is 13.2 Å².